The summed E-state index contributed by atoms with van der Waals surface area (Å²) in [5, 5.41) is 12.2. The number of benzene rings is 2. The van der Waals surface area contributed by atoms with Crippen LogP contribution in [0.1, 0.15) is 55.5 Å². The first-order valence-electron chi connectivity index (χ1n) is 13.0. The number of carboxylic acid groups (broad SMARTS) is 1. The molecule has 0 amide bonds. The number of nitrogens with two attached hydrogens (primary N) is 1. The highest BCUT2D eigenvalue weighted by Crippen LogP contribution is 2.27. The predicted octanol–water partition coefficient (Wildman–Crippen LogP) is 4.85. The largest absolute Gasteiger partial charge is 0.493 e. The molecule has 3 aromatic rings. The summed E-state index contributed by atoms with van der Waals surface area (Å²) >= 11 is 0. The van der Waals surface area contributed by atoms with Crippen molar-refractivity contribution in [2.45, 2.75) is 45.6 Å². The summed E-state index contributed by atoms with van der Waals surface area (Å²) in [5.74, 6) is -6.93. The number of pyridine rings is 1. The van der Waals surface area contributed by atoms with E-state index in [2.05, 4.69) is 5.32 Å². The van der Waals surface area contributed by atoms with Crippen LogP contribution in [0, 0.1) is 29.2 Å². The number of unbranched alkanes of at least 4 members (excludes halogenated alkanes) is 2. The molecular weight excluding hydrogens is 546 g/mol. The maximum atomic E-state index is 15.0. The number of nitrogens with one attached hydrogen (secondary N) is 1. The van der Waals surface area contributed by atoms with Crippen LogP contribution in [0.4, 0.5) is 23.4 Å². The molecule has 12 heteroatoms. The maximum absolute atomic E-state index is 15.0. The number of hydrogen-bond donors (Lipinski definition) is 3. The first-order valence-corrected chi connectivity index (χ1v) is 13.0. The Balaban J connectivity index is 1.68. The van der Waals surface area contributed by atoms with Crippen molar-refractivity contribution >= 4 is 17.6 Å². The number of hydrogen-bond acceptors (Lipinski definition) is 6. The molecule has 0 spiro atoms. The summed E-state index contributed by atoms with van der Waals surface area (Å²) in [6.07, 6.45) is 2.39. The summed E-state index contributed by atoms with van der Waals surface area (Å²) in [4.78, 5) is 36.7. The van der Waals surface area contributed by atoms with E-state index in [4.69, 9.17) is 10.5 Å². The number of carbonyl (C=O) groups excluding carboxylic acids is 1. The lowest BCUT2D eigenvalue weighted by molar-refractivity contribution is -0.139. The molecule has 0 fully saturated rings. The molecule has 0 aliphatic carbocycles. The fraction of sp³-hybridized carbons (Fsp3) is 0.345. The lowest BCUT2D eigenvalue weighted by Gasteiger charge is -2.16. The van der Waals surface area contributed by atoms with Gasteiger partial charge >= 0.3 is 5.97 Å². The molecule has 41 heavy (non-hydrogen) atoms. The first kappa shape index (κ1) is 31.3. The number of ketones is 1. The standard InChI is InChI=1S/C29H31F4N3O5/c1-16(2)12-24(29(39)40)35-10-4-3-5-11-41-18-14-22(32)26(23(33)15-18)36-25(37)9-8-20(28(36)34)27(38)19-7-6-17(30)13-21(19)31/h6-9,13-16,24,35H,3-5,10-12,34H2,1-2H3,(H,39,40)/t24-/m1/s1. The number of carbonyl (C=O) groups is 2. The number of nitrogen functional groups attached to an aromatic ring is 1. The molecule has 1 heterocycles. The molecule has 0 radical (unpaired) electrons. The second-order valence-electron chi connectivity index (χ2n) is 9.88. The van der Waals surface area contributed by atoms with Gasteiger partial charge < -0.3 is 20.9 Å². The van der Waals surface area contributed by atoms with E-state index in [0.29, 0.717) is 42.9 Å². The van der Waals surface area contributed by atoms with Crippen molar-refractivity contribution in [3.8, 4) is 11.4 Å². The third-order valence-corrected chi connectivity index (χ3v) is 6.25. The van der Waals surface area contributed by atoms with E-state index in [0.717, 1.165) is 36.4 Å². The van der Waals surface area contributed by atoms with Gasteiger partial charge in [0.1, 0.15) is 34.9 Å². The van der Waals surface area contributed by atoms with Crippen LogP contribution in [-0.2, 0) is 4.79 Å². The van der Waals surface area contributed by atoms with Crippen LogP contribution in [0.5, 0.6) is 5.75 Å². The zero-order valence-corrected chi connectivity index (χ0v) is 22.6. The van der Waals surface area contributed by atoms with Crippen molar-refractivity contribution in [3.05, 3.63) is 87.2 Å². The highest BCUT2D eigenvalue weighted by atomic mass is 19.1. The SMILES string of the molecule is CC(C)C[C@@H](NCCCCCOc1cc(F)c(-n2c(N)c(C(=O)c3ccc(F)cc3F)ccc2=O)c(F)c1)C(=O)O. The normalized spacial score (nSPS) is 12.0. The van der Waals surface area contributed by atoms with E-state index in [1.807, 2.05) is 13.8 Å². The van der Waals surface area contributed by atoms with Gasteiger partial charge in [0.25, 0.3) is 5.56 Å². The Kier molecular flexibility index (Phi) is 10.6. The average Bonchev–Trinajstić information content (AvgIpc) is 2.88. The second kappa shape index (κ2) is 13.9. The van der Waals surface area contributed by atoms with Gasteiger partial charge in [0.15, 0.2) is 17.4 Å². The van der Waals surface area contributed by atoms with Crippen LogP contribution in [0.3, 0.4) is 0 Å². The number of nitrogens with zero attached hydrogens (tertiary/aromatic N) is 1. The number of anilines is 1. The molecule has 4 N–H and O–H groups in total. The summed E-state index contributed by atoms with van der Waals surface area (Å²) in [5.41, 5.74) is 3.20. The van der Waals surface area contributed by atoms with Gasteiger partial charge in [0.2, 0.25) is 0 Å². The lowest BCUT2D eigenvalue weighted by atomic mass is 10.0. The lowest BCUT2D eigenvalue weighted by Crippen LogP contribution is -2.38. The van der Waals surface area contributed by atoms with Crippen LogP contribution in [0.25, 0.3) is 5.69 Å². The van der Waals surface area contributed by atoms with Crippen molar-refractivity contribution < 1.29 is 37.0 Å². The van der Waals surface area contributed by atoms with E-state index in [1.165, 1.54) is 0 Å². The Morgan fingerprint density at radius 1 is 0.951 bits per heavy atom. The van der Waals surface area contributed by atoms with E-state index in [-0.39, 0.29) is 18.3 Å². The number of aromatic nitrogens is 1. The topological polar surface area (TPSA) is 124 Å². The fourth-order valence-corrected chi connectivity index (χ4v) is 4.25. The highest BCUT2D eigenvalue weighted by molar-refractivity contribution is 6.11. The van der Waals surface area contributed by atoms with Gasteiger partial charge in [0.05, 0.1) is 17.7 Å². The minimum absolute atomic E-state index is 0.127. The second-order valence-corrected chi connectivity index (χ2v) is 9.88. The van der Waals surface area contributed by atoms with Crippen LogP contribution in [0.15, 0.2) is 47.3 Å². The predicted molar refractivity (Wildman–Crippen MR) is 144 cm³/mol. The van der Waals surface area contributed by atoms with Crippen LogP contribution in [0.2, 0.25) is 0 Å². The van der Waals surface area contributed by atoms with Gasteiger partial charge in [-0.15, -0.1) is 0 Å². The molecular formula is C29H31F4N3O5. The highest BCUT2D eigenvalue weighted by Gasteiger charge is 2.23. The Labute approximate surface area is 233 Å². The van der Waals surface area contributed by atoms with Gasteiger partial charge in [0, 0.05) is 24.3 Å². The Hall–Kier alpha value is -4.19. The van der Waals surface area contributed by atoms with Crippen LogP contribution in [-0.4, -0.2) is 40.6 Å². The van der Waals surface area contributed by atoms with Gasteiger partial charge in [-0.1, -0.05) is 13.8 Å². The monoisotopic (exact) mass is 577 g/mol. The molecule has 8 nitrogen and oxygen atoms in total. The summed E-state index contributed by atoms with van der Waals surface area (Å²) in [6.45, 7) is 4.50. The number of carboxylic acids is 1. The maximum Gasteiger partial charge on any atom is 0.320 e. The van der Waals surface area contributed by atoms with Crippen molar-refractivity contribution in [2.75, 3.05) is 18.9 Å². The van der Waals surface area contributed by atoms with Crippen molar-refractivity contribution in [2.24, 2.45) is 5.92 Å². The molecule has 0 saturated heterocycles. The van der Waals surface area contributed by atoms with Crippen LogP contribution < -0.4 is 21.3 Å². The van der Waals surface area contributed by atoms with E-state index in [9.17, 15) is 28.3 Å². The zero-order valence-electron chi connectivity index (χ0n) is 22.6. The van der Waals surface area contributed by atoms with Gasteiger partial charge in [-0.25, -0.2) is 17.6 Å². The summed E-state index contributed by atoms with van der Waals surface area (Å²) < 4.78 is 63.4. The molecule has 3 rings (SSSR count). The minimum Gasteiger partial charge on any atom is -0.493 e. The van der Waals surface area contributed by atoms with Gasteiger partial charge in [-0.05, 0) is 56.3 Å². The van der Waals surface area contributed by atoms with E-state index in [1.54, 1.807) is 0 Å². The molecule has 0 unspecified atom stereocenters. The van der Waals surface area contributed by atoms with Gasteiger partial charge in [-0.2, -0.15) is 0 Å². The molecule has 1 atom stereocenters. The number of halogens is 4. The molecule has 220 valence electrons. The molecule has 0 bridgehead atoms. The number of aliphatic carboxylic acids is 1. The first-order chi connectivity index (χ1) is 19.4. The van der Waals surface area contributed by atoms with E-state index >= 15 is 8.78 Å². The Morgan fingerprint density at radius 3 is 2.22 bits per heavy atom. The van der Waals surface area contributed by atoms with Crippen LogP contribution >= 0.6 is 0 Å². The quantitative estimate of drug-likeness (QED) is 0.142. The molecule has 1 aromatic heterocycles. The van der Waals surface area contributed by atoms with Crippen molar-refractivity contribution in [3.63, 3.8) is 0 Å². The van der Waals surface area contributed by atoms with Crippen molar-refractivity contribution in [1.29, 1.82) is 0 Å². The minimum atomic E-state index is -1.19. The smallest absolute Gasteiger partial charge is 0.320 e. The number of ether oxygens (including phenoxy) is 1. The molecule has 0 aliphatic heterocycles. The summed E-state index contributed by atoms with van der Waals surface area (Å²) in [6, 6.07) is 5.20. The third-order valence-electron chi connectivity index (χ3n) is 6.25. The van der Waals surface area contributed by atoms with E-state index < -0.39 is 69.3 Å². The zero-order chi connectivity index (χ0) is 30.3. The molecule has 0 saturated carbocycles. The summed E-state index contributed by atoms with van der Waals surface area (Å²) in [7, 11) is 0. The molecule has 2 aromatic carbocycles. The fourth-order valence-electron chi connectivity index (χ4n) is 4.25. The van der Waals surface area contributed by atoms with Gasteiger partial charge in [-0.3, -0.25) is 19.0 Å². The number of rotatable bonds is 14. The third kappa shape index (κ3) is 7.94. The molecule has 0 aliphatic rings. The average molecular weight is 578 g/mol. The Morgan fingerprint density at radius 2 is 1.61 bits per heavy atom. The van der Waals surface area contributed by atoms with Crippen molar-refractivity contribution in [1.82, 2.24) is 9.88 Å². The Bertz CT molecular complexity index is 1450.